The third-order valence-corrected chi connectivity index (χ3v) is 4.19. The van der Waals surface area contributed by atoms with E-state index in [1.807, 2.05) is 6.92 Å². The maximum Gasteiger partial charge on any atom is 0.0639 e. The van der Waals surface area contributed by atoms with Gasteiger partial charge in [0.2, 0.25) is 0 Å². The Morgan fingerprint density at radius 3 is 2.62 bits per heavy atom. The molecule has 0 bridgehead atoms. The Labute approximate surface area is 99.4 Å². The first-order chi connectivity index (χ1) is 7.66. The van der Waals surface area contributed by atoms with E-state index in [9.17, 15) is 5.11 Å². The number of nitrogens with zero attached hydrogens (tertiary/aromatic N) is 2. The standard InChI is InChI=1S/C13H26N2O/c1-11(16)9-15-8-3-5-12(10-15)13-6-4-7-14(13)2/h11-13,16H,3-10H2,1-2H3/t11-,12-,13-/m0/s1. The van der Waals surface area contributed by atoms with Crippen LogP contribution in [0.2, 0.25) is 0 Å². The molecule has 0 spiro atoms. The molecule has 0 aliphatic carbocycles. The van der Waals surface area contributed by atoms with Crippen molar-refractivity contribution in [1.82, 2.24) is 9.80 Å². The molecule has 94 valence electrons. The smallest absolute Gasteiger partial charge is 0.0639 e. The fourth-order valence-corrected chi connectivity index (χ4v) is 3.48. The van der Waals surface area contributed by atoms with Crippen molar-refractivity contribution in [2.24, 2.45) is 5.92 Å². The van der Waals surface area contributed by atoms with E-state index in [2.05, 4.69) is 16.8 Å². The van der Waals surface area contributed by atoms with E-state index in [0.717, 1.165) is 18.5 Å². The minimum absolute atomic E-state index is 0.181. The summed E-state index contributed by atoms with van der Waals surface area (Å²) in [7, 11) is 2.27. The molecule has 0 radical (unpaired) electrons. The van der Waals surface area contributed by atoms with Gasteiger partial charge >= 0.3 is 0 Å². The summed E-state index contributed by atoms with van der Waals surface area (Å²) in [4.78, 5) is 4.99. The van der Waals surface area contributed by atoms with Gasteiger partial charge in [0.15, 0.2) is 0 Å². The van der Waals surface area contributed by atoms with Gasteiger partial charge in [0.1, 0.15) is 0 Å². The van der Waals surface area contributed by atoms with Gasteiger partial charge in [-0.05, 0) is 58.7 Å². The molecular weight excluding hydrogens is 200 g/mol. The largest absolute Gasteiger partial charge is 0.392 e. The molecule has 2 saturated heterocycles. The Morgan fingerprint density at radius 2 is 2.00 bits per heavy atom. The number of rotatable bonds is 3. The van der Waals surface area contributed by atoms with Gasteiger partial charge in [0.25, 0.3) is 0 Å². The zero-order valence-electron chi connectivity index (χ0n) is 10.7. The first kappa shape index (κ1) is 12.3. The average Bonchev–Trinajstić information content (AvgIpc) is 2.64. The molecule has 2 aliphatic heterocycles. The first-order valence-corrected chi connectivity index (χ1v) is 6.77. The number of hydrogen-bond donors (Lipinski definition) is 1. The van der Waals surface area contributed by atoms with Crippen molar-refractivity contribution in [3.63, 3.8) is 0 Å². The fraction of sp³-hybridized carbons (Fsp3) is 1.00. The normalized spacial score (nSPS) is 35.4. The van der Waals surface area contributed by atoms with Crippen molar-refractivity contribution in [3.05, 3.63) is 0 Å². The van der Waals surface area contributed by atoms with Crippen molar-refractivity contribution in [1.29, 1.82) is 0 Å². The van der Waals surface area contributed by atoms with Gasteiger partial charge in [0.05, 0.1) is 6.10 Å². The highest BCUT2D eigenvalue weighted by Crippen LogP contribution is 2.29. The molecule has 16 heavy (non-hydrogen) atoms. The number of β-amino-alcohol motifs (C(OH)–C–C–N with tert-alkyl or cyclic N) is 1. The Kier molecular flexibility index (Phi) is 4.22. The molecular formula is C13H26N2O. The van der Waals surface area contributed by atoms with Gasteiger partial charge in [-0.15, -0.1) is 0 Å². The molecule has 0 saturated carbocycles. The summed E-state index contributed by atoms with van der Waals surface area (Å²) in [6, 6.07) is 0.803. The zero-order valence-corrected chi connectivity index (χ0v) is 10.7. The monoisotopic (exact) mass is 226 g/mol. The Bertz CT molecular complexity index is 220. The van der Waals surface area contributed by atoms with Crippen LogP contribution in [0.3, 0.4) is 0 Å². The van der Waals surface area contributed by atoms with E-state index in [1.165, 1.54) is 45.3 Å². The summed E-state index contributed by atoms with van der Waals surface area (Å²) in [6.07, 6.45) is 5.25. The lowest BCUT2D eigenvalue weighted by Crippen LogP contribution is -2.45. The average molecular weight is 226 g/mol. The van der Waals surface area contributed by atoms with Crippen LogP contribution in [0, 0.1) is 5.92 Å². The topological polar surface area (TPSA) is 26.7 Å². The predicted molar refractivity (Wildman–Crippen MR) is 66.5 cm³/mol. The van der Waals surface area contributed by atoms with Crippen LogP contribution in [0.1, 0.15) is 32.6 Å². The second-order valence-corrected chi connectivity index (χ2v) is 5.70. The number of aliphatic hydroxyl groups excluding tert-OH is 1. The lowest BCUT2D eigenvalue weighted by atomic mass is 9.89. The predicted octanol–water partition coefficient (Wildman–Crippen LogP) is 1.17. The quantitative estimate of drug-likeness (QED) is 0.782. The third kappa shape index (κ3) is 2.96. The lowest BCUT2D eigenvalue weighted by molar-refractivity contribution is 0.0713. The van der Waals surface area contributed by atoms with Crippen molar-refractivity contribution in [2.45, 2.75) is 44.8 Å². The van der Waals surface area contributed by atoms with Crippen molar-refractivity contribution < 1.29 is 5.11 Å². The molecule has 0 aromatic carbocycles. The van der Waals surface area contributed by atoms with E-state index in [4.69, 9.17) is 0 Å². The van der Waals surface area contributed by atoms with Crippen LogP contribution in [0.25, 0.3) is 0 Å². The fourth-order valence-electron chi connectivity index (χ4n) is 3.48. The van der Waals surface area contributed by atoms with Crippen molar-refractivity contribution >= 4 is 0 Å². The molecule has 3 heteroatoms. The number of hydrogen-bond acceptors (Lipinski definition) is 3. The van der Waals surface area contributed by atoms with Crippen LogP contribution >= 0.6 is 0 Å². The van der Waals surface area contributed by atoms with Crippen LogP contribution in [-0.2, 0) is 0 Å². The van der Waals surface area contributed by atoms with E-state index in [1.54, 1.807) is 0 Å². The molecule has 0 unspecified atom stereocenters. The van der Waals surface area contributed by atoms with Crippen LogP contribution in [-0.4, -0.2) is 60.3 Å². The van der Waals surface area contributed by atoms with E-state index >= 15 is 0 Å². The minimum atomic E-state index is -0.181. The third-order valence-electron chi connectivity index (χ3n) is 4.19. The second kappa shape index (κ2) is 5.48. The zero-order chi connectivity index (χ0) is 11.5. The highest BCUT2D eigenvalue weighted by Gasteiger charge is 2.32. The van der Waals surface area contributed by atoms with Gasteiger partial charge < -0.3 is 14.9 Å². The van der Waals surface area contributed by atoms with E-state index in [0.29, 0.717) is 0 Å². The molecule has 0 aromatic heterocycles. The number of aliphatic hydroxyl groups is 1. The molecule has 0 aromatic rings. The highest BCUT2D eigenvalue weighted by molar-refractivity contribution is 4.87. The van der Waals surface area contributed by atoms with Crippen LogP contribution in [0.15, 0.2) is 0 Å². The maximum atomic E-state index is 9.46. The molecule has 2 fully saturated rings. The Balaban J connectivity index is 1.86. The van der Waals surface area contributed by atoms with Gasteiger partial charge in [-0.25, -0.2) is 0 Å². The summed E-state index contributed by atoms with van der Waals surface area (Å²) in [5.41, 5.74) is 0. The van der Waals surface area contributed by atoms with Crippen LogP contribution < -0.4 is 0 Å². The second-order valence-electron chi connectivity index (χ2n) is 5.70. The Hall–Kier alpha value is -0.120. The van der Waals surface area contributed by atoms with Crippen molar-refractivity contribution in [2.75, 3.05) is 33.2 Å². The Morgan fingerprint density at radius 1 is 1.25 bits per heavy atom. The van der Waals surface area contributed by atoms with Crippen LogP contribution in [0.4, 0.5) is 0 Å². The number of likely N-dealkylation sites (tertiary alicyclic amines) is 2. The molecule has 3 nitrogen and oxygen atoms in total. The first-order valence-electron chi connectivity index (χ1n) is 6.77. The summed E-state index contributed by atoms with van der Waals surface area (Å²) < 4.78 is 0. The van der Waals surface area contributed by atoms with E-state index in [-0.39, 0.29) is 6.10 Å². The summed E-state index contributed by atoms with van der Waals surface area (Å²) in [5.74, 6) is 0.833. The summed E-state index contributed by atoms with van der Waals surface area (Å²) in [5, 5.41) is 9.46. The van der Waals surface area contributed by atoms with Crippen LogP contribution in [0.5, 0.6) is 0 Å². The van der Waals surface area contributed by atoms with Gasteiger partial charge in [-0.2, -0.15) is 0 Å². The lowest BCUT2D eigenvalue weighted by Gasteiger charge is -2.38. The summed E-state index contributed by atoms with van der Waals surface area (Å²) >= 11 is 0. The molecule has 2 rings (SSSR count). The summed E-state index contributed by atoms with van der Waals surface area (Å²) in [6.45, 7) is 6.40. The molecule has 0 amide bonds. The molecule has 2 aliphatic rings. The van der Waals surface area contributed by atoms with Gasteiger partial charge in [-0.3, -0.25) is 0 Å². The number of piperidine rings is 1. The van der Waals surface area contributed by atoms with Gasteiger partial charge in [-0.1, -0.05) is 0 Å². The molecule has 1 N–H and O–H groups in total. The SMILES string of the molecule is C[C@H](O)CN1CCC[C@H]([C@@H]2CCCN2C)C1. The highest BCUT2D eigenvalue weighted by atomic mass is 16.3. The van der Waals surface area contributed by atoms with Crippen molar-refractivity contribution in [3.8, 4) is 0 Å². The van der Waals surface area contributed by atoms with E-state index < -0.39 is 0 Å². The minimum Gasteiger partial charge on any atom is -0.392 e. The molecule has 2 heterocycles. The van der Waals surface area contributed by atoms with Gasteiger partial charge in [0, 0.05) is 19.1 Å². The maximum absolute atomic E-state index is 9.46. The molecule has 3 atom stereocenters.